The van der Waals surface area contributed by atoms with Crippen molar-refractivity contribution in [3.63, 3.8) is 0 Å². The molecule has 27 heavy (non-hydrogen) atoms. The summed E-state index contributed by atoms with van der Waals surface area (Å²) in [5, 5.41) is 0. The third kappa shape index (κ3) is 16.9. The van der Waals surface area contributed by atoms with Gasteiger partial charge in [0, 0.05) is 19.9 Å². The van der Waals surface area contributed by atoms with Crippen LogP contribution < -0.4 is 5.73 Å². The maximum Gasteiger partial charge on any atom is 0.472 e. The molecule has 0 fully saturated rings. The van der Waals surface area contributed by atoms with Crippen molar-refractivity contribution in [3.8, 4) is 0 Å². The highest BCUT2D eigenvalue weighted by molar-refractivity contribution is 7.47. The summed E-state index contributed by atoms with van der Waals surface area (Å²) in [5.41, 5.74) is 5.19. The fourth-order valence-electron chi connectivity index (χ4n) is 2.18. The Morgan fingerprint density at radius 2 is 1.67 bits per heavy atom. The maximum absolute atomic E-state index is 11.9. The van der Waals surface area contributed by atoms with Gasteiger partial charge in [0.2, 0.25) is 0 Å². The lowest BCUT2D eigenvalue weighted by molar-refractivity contribution is -0.160. The molecular formula is C17H34NO8P. The Morgan fingerprint density at radius 1 is 1.04 bits per heavy atom. The van der Waals surface area contributed by atoms with Gasteiger partial charge in [-0.2, -0.15) is 0 Å². The van der Waals surface area contributed by atoms with Crippen LogP contribution >= 0.6 is 7.82 Å². The number of phosphoric ester groups is 1. The third-order valence-corrected chi connectivity index (χ3v) is 4.54. The average Bonchev–Trinajstić information content (AvgIpc) is 2.61. The Morgan fingerprint density at radius 3 is 2.26 bits per heavy atom. The van der Waals surface area contributed by atoms with E-state index in [1.807, 2.05) is 0 Å². The number of hydrogen-bond acceptors (Lipinski definition) is 8. The van der Waals surface area contributed by atoms with Gasteiger partial charge in [0.25, 0.3) is 0 Å². The summed E-state index contributed by atoms with van der Waals surface area (Å²) in [6, 6.07) is 0. The summed E-state index contributed by atoms with van der Waals surface area (Å²) >= 11 is 0. The van der Waals surface area contributed by atoms with Crippen LogP contribution in [0.25, 0.3) is 0 Å². The van der Waals surface area contributed by atoms with Crippen LogP contribution in [0.15, 0.2) is 0 Å². The van der Waals surface area contributed by atoms with Crippen molar-refractivity contribution in [2.45, 2.75) is 71.3 Å². The summed E-state index contributed by atoms with van der Waals surface area (Å²) < 4.78 is 31.0. The van der Waals surface area contributed by atoms with Crippen LogP contribution in [-0.2, 0) is 32.7 Å². The topological polar surface area (TPSA) is 134 Å². The van der Waals surface area contributed by atoms with Crippen LogP contribution in [0.1, 0.15) is 65.2 Å². The predicted octanol–water partition coefficient (Wildman–Crippen LogP) is 2.69. The number of hydrogen-bond donors (Lipinski definition) is 2. The minimum atomic E-state index is -4.31. The molecule has 1 unspecified atom stereocenters. The minimum absolute atomic E-state index is 0.0538. The number of unbranched alkanes of at least 4 members (excludes halogenated alkanes) is 6. The Labute approximate surface area is 161 Å². The normalized spacial score (nSPS) is 14.4. The van der Waals surface area contributed by atoms with E-state index in [2.05, 4.69) is 11.4 Å². The molecule has 0 heterocycles. The lowest BCUT2D eigenvalue weighted by Crippen LogP contribution is -2.29. The first kappa shape index (κ1) is 26.0. The zero-order valence-corrected chi connectivity index (χ0v) is 17.3. The van der Waals surface area contributed by atoms with E-state index >= 15 is 0 Å². The molecule has 2 atom stereocenters. The Bertz CT molecular complexity index is 460. The molecule has 0 bridgehead atoms. The lowest BCUT2D eigenvalue weighted by atomic mass is 10.1. The second kappa shape index (κ2) is 16.0. The smallest absolute Gasteiger partial charge is 0.462 e. The lowest BCUT2D eigenvalue weighted by Gasteiger charge is -2.19. The van der Waals surface area contributed by atoms with Gasteiger partial charge >= 0.3 is 19.8 Å². The molecule has 9 nitrogen and oxygen atoms in total. The molecule has 0 aromatic carbocycles. The predicted molar refractivity (Wildman–Crippen MR) is 99.9 cm³/mol. The van der Waals surface area contributed by atoms with Crippen LogP contribution in [0.3, 0.4) is 0 Å². The van der Waals surface area contributed by atoms with Gasteiger partial charge in [-0.1, -0.05) is 45.4 Å². The molecule has 0 aromatic heterocycles. The molecule has 0 amide bonds. The number of carbonyl (C=O) groups excluding carboxylic acids is 2. The summed E-state index contributed by atoms with van der Waals surface area (Å²) in [7, 11) is -4.31. The number of phosphoric acid groups is 1. The largest absolute Gasteiger partial charge is 0.472 e. The van der Waals surface area contributed by atoms with Gasteiger partial charge in [0.05, 0.1) is 13.2 Å². The van der Waals surface area contributed by atoms with Gasteiger partial charge in [-0.25, -0.2) is 4.57 Å². The maximum atomic E-state index is 11.9. The summed E-state index contributed by atoms with van der Waals surface area (Å²) in [4.78, 5) is 32.4. The first-order chi connectivity index (χ1) is 12.8. The van der Waals surface area contributed by atoms with Crippen LogP contribution in [0.5, 0.6) is 0 Å². The quantitative estimate of drug-likeness (QED) is 0.210. The zero-order chi connectivity index (χ0) is 20.5. The highest BCUT2D eigenvalue weighted by Gasteiger charge is 2.25. The van der Waals surface area contributed by atoms with E-state index < -0.39 is 32.5 Å². The standard InChI is InChI=1S/C17H34NO8P/c1-3-4-5-6-7-8-9-10-17(20)26-16(13-23-15(2)19)14-25-27(21,22)24-12-11-18/h16H,3-14,18H2,1-2H3,(H,21,22)/t16-/m1/s1. The molecule has 0 rings (SSSR count). The van der Waals surface area contributed by atoms with Crippen molar-refractivity contribution >= 4 is 19.8 Å². The van der Waals surface area contributed by atoms with Gasteiger partial charge < -0.3 is 20.1 Å². The summed E-state index contributed by atoms with van der Waals surface area (Å²) in [5.74, 6) is -1.03. The SMILES string of the molecule is CCCCCCCCCC(=O)O[C@H](COC(C)=O)COP(=O)(O)OCCN. The van der Waals surface area contributed by atoms with E-state index in [9.17, 15) is 19.0 Å². The molecule has 0 saturated heterocycles. The van der Waals surface area contributed by atoms with E-state index in [1.165, 1.54) is 26.2 Å². The second-order valence-corrected chi connectivity index (χ2v) is 7.63. The monoisotopic (exact) mass is 411 g/mol. The van der Waals surface area contributed by atoms with E-state index in [4.69, 9.17) is 19.7 Å². The Kier molecular flexibility index (Phi) is 15.4. The summed E-state index contributed by atoms with van der Waals surface area (Å²) in [6.45, 7) is 2.56. The Hall–Kier alpha value is -0.990. The number of esters is 2. The summed E-state index contributed by atoms with van der Waals surface area (Å²) in [6.07, 6.45) is 6.71. The number of rotatable bonds is 17. The van der Waals surface area contributed by atoms with E-state index in [0.29, 0.717) is 6.42 Å². The third-order valence-electron chi connectivity index (χ3n) is 3.55. The molecule has 3 N–H and O–H groups in total. The van der Waals surface area contributed by atoms with Crippen LogP contribution in [-0.4, -0.2) is 49.3 Å². The molecule has 0 spiro atoms. The van der Waals surface area contributed by atoms with Crippen molar-refractivity contribution in [3.05, 3.63) is 0 Å². The van der Waals surface area contributed by atoms with Crippen molar-refractivity contribution < 1.29 is 37.6 Å². The van der Waals surface area contributed by atoms with E-state index in [0.717, 1.165) is 19.3 Å². The van der Waals surface area contributed by atoms with Gasteiger partial charge in [-0.15, -0.1) is 0 Å². The van der Waals surface area contributed by atoms with Crippen molar-refractivity contribution in [1.82, 2.24) is 0 Å². The van der Waals surface area contributed by atoms with Crippen LogP contribution in [0.2, 0.25) is 0 Å². The fourth-order valence-corrected chi connectivity index (χ4v) is 2.95. The molecule has 0 aromatic rings. The number of nitrogens with two attached hydrogens (primary N) is 1. The zero-order valence-electron chi connectivity index (χ0n) is 16.4. The number of carbonyl (C=O) groups is 2. The van der Waals surface area contributed by atoms with Crippen LogP contribution in [0.4, 0.5) is 0 Å². The molecule has 0 aliphatic heterocycles. The number of ether oxygens (including phenoxy) is 2. The first-order valence-electron chi connectivity index (χ1n) is 9.45. The van der Waals surface area contributed by atoms with Gasteiger partial charge in [0.1, 0.15) is 6.61 Å². The fraction of sp³-hybridized carbons (Fsp3) is 0.882. The van der Waals surface area contributed by atoms with E-state index in [-0.39, 0.29) is 26.2 Å². The van der Waals surface area contributed by atoms with Gasteiger partial charge in [0.15, 0.2) is 6.10 Å². The highest BCUT2D eigenvalue weighted by atomic mass is 31.2. The molecule has 0 radical (unpaired) electrons. The molecule has 0 saturated carbocycles. The molecule has 10 heteroatoms. The average molecular weight is 411 g/mol. The van der Waals surface area contributed by atoms with E-state index in [1.54, 1.807) is 0 Å². The van der Waals surface area contributed by atoms with Gasteiger partial charge in [-0.05, 0) is 6.42 Å². The van der Waals surface area contributed by atoms with Crippen molar-refractivity contribution in [2.75, 3.05) is 26.4 Å². The van der Waals surface area contributed by atoms with Gasteiger partial charge in [-0.3, -0.25) is 18.6 Å². The van der Waals surface area contributed by atoms with Crippen molar-refractivity contribution in [1.29, 1.82) is 0 Å². The molecular weight excluding hydrogens is 377 g/mol. The molecule has 160 valence electrons. The molecule has 0 aliphatic rings. The van der Waals surface area contributed by atoms with Crippen LogP contribution in [0, 0.1) is 0 Å². The highest BCUT2D eigenvalue weighted by Crippen LogP contribution is 2.43. The second-order valence-electron chi connectivity index (χ2n) is 6.17. The molecule has 0 aliphatic carbocycles. The minimum Gasteiger partial charge on any atom is -0.462 e. The van der Waals surface area contributed by atoms with Crippen molar-refractivity contribution in [2.24, 2.45) is 5.73 Å². The first-order valence-corrected chi connectivity index (χ1v) is 10.9. The Balaban J connectivity index is 4.24.